The maximum Gasteiger partial charge on any atom is 0.243 e. The number of carbonyl (C=O) groups excluding carboxylic acids is 1. The third-order valence-electron chi connectivity index (χ3n) is 2.99. The van der Waals surface area contributed by atoms with Crippen molar-refractivity contribution in [3.63, 3.8) is 0 Å². The number of rotatable bonds is 7. The minimum atomic E-state index is -0.00360. The molecule has 5 heteroatoms. The molecule has 1 fully saturated rings. The average molecular weight is 276 g/mol. The number of methoxy groups -OCH3 is 1. The molecule has 0 radical (unpaired) electrons. The van der Waals surface area contributed by atoms with Gasteiger partial charge in [0.2, 0.25) is 5.91 Å². The molecule has 2 rings (SSSR count). The lowest BCUT2D eigenvalue weighted by molar-refractivity contribution is -0.122. The van der Waals surface area contributed by atoms with Crippen LogP contribution in [0.4, 0.5) is 0 Å². The highest BCUT2D eigenvalue weighted by Gasteiger charge is 2.29. The Balaban J connectivity index is 1.97. The summed E-state index contributed by atoms with van der Waals surface area (Å²) in [7, 11) is 1.60. The van der Waals surface area contributed by atoms with Crippen molar-refractivity contribution in [3.05, 3.63) is 23.8 Å². The SMILES string of the molecule is CCCOc1ccc(/C=N/NC(=O)C2CC2)cc1OC. The van der Waals surface area contributed by atoms with E-state index in [4.69, 9.17) is 9.47 Å². The molecule has 1 N–H and O–H groups in total. The summed E-state index contributed by atoms with van der Waals surface area (Å²) in [6.07, 6.45) is 4.49. The van der Waals surface area contributed by atoms with E-state index in [-0.39, 0.29) is 11.8 Å². The van der Waals surface area contributed by atoms with E-state index < -0.39 is 0 Å². The molecule has 1 aromatic rings. The Kier molecular flexibility index (Phi) is 4.98. The standard InChI is InChI=1S/C15H20N2O3/c1-3-8-20-13-7-4-11(9-14(13)19-2)10-16-17-15(18)12-5-6-12/h4,7,9-10,12H,3,5-6,8H2,1-2H3,(H,17,18)/b16-10+. The molecular weight excluding hydrogens is 256 g/mol. The lowest BCUT2D eigenvalue weighted by Gasteiger charge is -2.10. The van der Waals surface area contributed by atoms with Crippen LogP contribution in [0.5, 0.6) is 11.5 Å². The van der Waals surface area contributed by atoms with Gasteiger partial charge in [0.25, 0.3) is 0 Å². The topological polar surface area (TPSA) is 59.9 Å². The van der Waals surface area contributed by atoms with Crippen LogP contribution < -0.4 is 14.9 Å². The molecule has 1 aliphatic rings. The quantitative estimate of drug-likeness (QED) is 0.614. The number of amides is 1. The summed E-state index contributed by atoms with van der Waals surface area (Å²) in [5, 5.41) is 3.95. The molecule has 0 spiro atoms. The van der Waals surface area contributed by atoms with E-state index >= 15 is 0 Å². The molecule has 20 heavy (non-hydrogen) atoms. The van der Waals surface area contributed by atoms with E-state index in [9.17, 15) is 4.79 Å². The Morgan fingerprint density at radius 1 is 1.45 bits per heavy atom. The van der Waals surface area contributed by atoms with Crippen LogP contribution in [0.15, 0.2) is 23.3 Å². The third-order valence-corrected chi connectivity index (χ3v) is 2.99. The van der Waals surface area contributed by atoms with Gasteiger partial charge in [-0.05, 0) is 43.0 Å². The lowest BCUT2D eigenvalue weighted by Crippen LogP contribution is -2.18. The second-order valence-electron chi connectivity index (χ2n) is 4.77. The van der Waals surface area contributed by atoms with E-state index in [0.29, 0.717) is 18.1 Å². The van der Waals surface area contributed by atoms with Crippen molar-refractivity contribution < 1.29 is 14.3 Å². The van der Waals surface area contributed by atoms with Gasteiger partial charge in [0.15, 0.2) is 11.5 Å². The zero-order chi connectivity index (χ0) is 14.4. The maximum absolute atomic E-state index is 11.4. The molecule has 108 valence electrons. The van der Waals surface area contributed by atoms with Crippen molar-refractivity contribution in [2.24, 2.45) is 11.0 Å². The highest BCUT2D eigenvalue weighted by atomic mass is 16.5. The van der Waals surface area contributed by atoms with Gasteiger partial charge in [-0.1, -0.05) is 6.92 Å². The molecule has 0 bridgehead atoms. The number of carbonyl (C=O) groups is 1. The van der Waals surface area contributed by atoms with Crippen LogP contribution >= 0.6 is 0 Å². The van der Waals surface area contributed by atoms with Gasteiger partial charge in [0.05, 0.1) is 19.9 Å². The molecule has 1 aliphatic carbocycles. The number of benzene rings is 1. The van der Waals surface area contributed by atoms with Crippen LogP contribution in [0.1, 0.15) is 31.7 Å². The number of ether oxygens (including phenoxy) is 2. The van der Waals surface area contributed by atoms with Gasteiger partial charge >= 0.3 is 0 Å². The van der Waals surface area contributed by atoms with Gasteiger partial charge in [-0.2, -0.15) is 5.10 Å². The van der Waals surface area contributed by atoms with Gasteiger partial charge in [-0.3, -0.25) is 4.79 Å². The molecule has 1 aromatic carbocycles. The molecule has 0 atom stereocenters. The highest BCUT2D eigenvalue weighted by molar-refractivity contribution is 5.84. The summed E-state index contributed by atoms with van der Waals surface area (Å²) in [6.45, 7) is 2.71. The zero-order valence-electron chi connectivity index (χ0n) is 11.9. The summed E-state index contributed by atoms with van der Waals surface area (Å²) in [5.74, 6) is 1.53. The van der Waals surface area contributed by atoms with E-state index in [1.807, 2.05) is 18.2 Å². The summed E-state index contributed by atoms with van der Waals surface area (Å²) >= 11 is 0. The molecule has 0 aliphatic heterocycles. The Hall–Kier alpha value is -2.04. The van der Waals surface area contributed by atoms with Gasteiger partial charge in [-0.25, -0.2) is 5.43 Å². The fraction of sp³-hybridized carbons (Fsp3) is 0.467. The second kappa shape index (κ2) is 6.93. The predicted molar refractivity (Wildman–Crippen MR) is 77.2 cm³/mol. The largest absolute Gasteiger partial charge is 0.493 e. The number of nitrogens with one attached hydrogen (secondary N) is 1. The van der Waals surface area contributed by atoms with Gasteiger partial charge in [0.1, 0.15) is 0 Å². The summed E-state index contributed by atoms with van der Waals surface area (Å²) in [5.41, 5.74) is 3.39. The van der Waals surface area contributed by atoms with E-state index in [2.05, 4.69) is 17.5 Å². The third kappa shape index (κ3) is 3.98. The van der Waals surface area contributed by atoms with Crippen LogP contribution in [0.2, 0.25) is 0 Å². The molecule has 0 heterocycles. The van der Waals surface area contributed by atoms with E-state index in [1.165, 1.54) is 0 Å². The van der Waals surface area contributed by atoms with Gasteiger partial charge in [0, 0.05) is 5.92 Å². The molecule has 1 amide bonds. The van der Waals surface area contributed by atoms with Crippen molar-refractivity contribution in [2.45, 2.75) is 26.2 Å². The highest BCUT2D eigenvalue weighted by Crippen LogP contribution is 2.29. The smallest absolute Gasteiger partial charge is 0.243 e. The van der Waals surface area contributed by atoms with Crippen LogP contribution in [-0.2, 0) is 4.79 Å². The summed E-state index contributed by atoms with van der Waals surface area (Å²) in [4.78, 5) is 11.4. The van der Waals surface area contributed by atoms with Gasteiger partial charge < -0.3 is 9.47 Å². The van der Waals surface area contributed by atoms with Crippen molar-refractivity contribution in [2.75, 3.05) is 13.7 Å². The predicted octanol–water partition coefficient (Wildman–Crippen LogP) is 2.34. The number of nitrogens with zero attached hydrogens (tertiary/aromatic N) is 1. The summed E-state index contributed by atoms with van der Waals surface area (Å²) in [6, 6.07) is 5.55. The van der Waals surface area contributed by atoms with E-state index in [0.717, 1.165) is 24.8 Å². The number of hydrazone groups is 1. The first-order valence-electron chi connectivity index (χ1n) is 6.88. The first-order valence-corrected chi connectivity index (χ1v) is 6.88. The number of hydrogen-bond donors (Lipinski definition) is 1. The Labute approximate surface area is 119 Å². The lowest BCUT2D eigenvalue weighted by atomic mass is 10.2. The molecular formula is C15H20N2O3. The molecule has 0 saturated heterocycles. The monoisotopic (exact) mass is 276 g/mol. The minimum absolute atomic E-state index is 0.00360. The molecule has 0 aromatic heterocycles. The average Bonchev–Trinajstić information content (AvgIpc) is 3.30. The van der Waals surface area contributed by atoms with Crippen LogP contribution in [0.25, 0.3) is 0 Å². The minimum Gasteiger partial charge on any atom is -0.493 e. The van der Waals surface area contributed by atoms with Crippen molar-refractivity contribution in [3.8, 4) is 11.5 Å². The Bertz CT molecular complexity index is 496. The van der Waals surface area contributed by atoms with E-state index in [1.54, 1.807) is 13.3 Å². The van der Waals surface area contributed by atoms with Gasteiger partial charge in [-0.15, -0.1) is 0 Å². The first-order chi connectivity index (χ1) is 9.74. The summed E-state index contributed by atoms with van der Waals surface area (Å²) < 4.78 is 10.9. The maximum atomic E-state index is 11.4. The van der Waals surface area contributed by atoms with Crippen LogP contribution in [0.3, 0.4) is 0 Å². The van der Waals surface area contributed by atoms with Crippen LogP contribution in [0, 0.1) is 5.92 Å². The Morgan fingerprint density at radius 3 is 2.90 bits per heavy atom. The Morgan fingerprint density at radius 2 is 2.25 bits per heavy atom. The second-order valence-corrected chi connectivity index (χ2v) is 4.77. The number of hydrogen-bond acceptors (Lipinski definition) is 4. The molecule has 5 nitrogen and oxygen atoms in total. The normalized spacial score (nSPS) is 14.3. The fourth-order valence-corrected chi connectivity index (χ4v) is 1.70. The van der Waals surface area contributed by atoms with Crippen molar-refractivity contribution in [1.82, 2.24) is 5.43 Å². The van der Waals surface area contributed by atoms with Crippen molar-refractivity contribution >= 4 is 12.1 Å². The zero-order valence-corrected chi connectivity index (χ0v) is 11.9. The fourth-order valence-electron chi connectivity index (χ4n) is 1.70. The first kappa shape index (κ1) is 14.4. The van der Waals surface area contributed by atoms with Crippen molar-refractivity contribution in [1.29, 1.82) is 0 Å². The van der Waals surface area contributed by atoms with Crippen LogP contribution in [-0.4, -0.2) is 25.8 Å². The molecule has 0 unspecified atom stereocenters. The molecule has 1 saturated carbocycles.